The molecule has 0 bridgehead atoms. The number of esters is 1. The van der Waals surface area contributed by atoms with Gasteiger partial charge in [-0.15, -0.1) is 0 Å². The molecule has 0 heterocycles. The van der Waals surface area contributed by atoms with Crippen molar-refractivity contribution < 1.29 is 19.4 Å². The fourth-order valence-corrected chi connectivity index (χ4v) is 8.05. The summed E-state index contributed by atoms with van der Waals surface area (Å²) >= 11 is 0. The van der Waals surface area contributed by atoms with Crippen LogP contribution >= 0.6 is 0 Å². The van der Waals surface area contributed by atoms with E-state index in [4.69, 9.17) is 4.74 Å². The summed E-state index contributed by atoms with van der Waals surface area (Å²) in [6, 6.07) is 0. The zero-order valence-corrected chi connectivity index (χ0v) is 18.1. The van der Waals surface area contributed by atoms with Crippen molar-refractivity contribution in [2.45, 2.75) is 91.3 Å². The predicted molar refractivity (Wildman–Crippen MR) is 107 cm³/mol. The minimum Gasteiger partial charge on any atom is -0.462 e. The molecule has 0 spiro atoms. The van der Waals surface area contributed by atoms with Gasteiger partial charge in [0.15, 0.2) is 5.78 Å². The Kier molecular flexibility index (Phi) is 4.61. The van der Waals surface area contributed by atoms with Gasteiger partial charge >= 0.3 is 5.97 Å². The van der Waals surface area contributed by atoms with Crippen LogP contribution in [0.1, 0.15) is 79.6 Å². The minimum absolute atomic E-state index is 0.0246. The molecule has 0 unspecified atom stereocenters. The molecular formula is C24H36O4. The van der Waals surface area contributed by atoms with E-state index in [1.54, 1.807) is 6.92 Å². The van der Waals surface area contributed by atoms with E-state index < -0.39 is 5.60 Å². The van der Waals surface area contributed by atoms with Crippen LogP contribution in [0.4, 0.5) is 0 Å². The monoisotopic (exact) mass is 388 g/mol. The van der Waals surface area contributed by atoms with Crippen LogP contribution in [-0.4, -0.2) is 28.6 Å². The van der Waals surface area contributed by atoms with Gasteiger partial charge in [-0.2, -0.15) is 0 Å². The standard InChI is InChI=1S/C24H36O4/c1-14-12-21-19-7-6-17-13-18(28-16(3)26)8-10-22(17,4)20(19)9-11-23(21,5)24(14,27)15(2)25/h6,14,18-21,27H,7-13H2,1-5H3/t14-,18-,19-,20+,21-,22+,23+,24+/m0/s1. The molecule has 4 nitrogen and oxygen atoms in total. The Labute approximate surface area is 169 Å². The summed E-state index contributed by atoms with van der Waals surface area (Å²) < 4.78 is 5.52. The number of hydrogen-bond donors (Lipinski definition) is 1. The molecular weight excluding hydrogens is 352 g/mol. The zero-order chi connectivity index (χ0) is 20.5. The van der Waals surface area contributed by atoms with E-state index in [0.29, 0.717) is 17.8 Å². The molecule has 0 aromatic carbocycles. The highest BCUT2D eigenvalue weighted by Gasteiger charge is 2.67. The fraction of sp³-hybridized carbons (Fsp3) is 0.833. The SMILES string of the molecule is CC(=O)O[C@H]1CC[C@]2(C)C(=CC[C@H]3[C@H]2CC[C@]2(C)[C@H]3C[C@H](C)[C@@]2(O)C(C)=O)C1. The van der Waals surface area contributed by atoms with Crippen LogP contribution in [0.15, 0.2) is 11.6 Å². The molecule has 0 radical (unpaired) electrons. The first-order valence-corrected chi connectivity index (χ1v) is 11.1. The second-order valence-corrected chi connectivity index (χ2v) is 10.6. The number of carbonyl (C=O) groups is 2. The van der Waals surface area contributed by atoms with Crippen LogP contribution in [0.25, 0.3) is 0 Å². The Bertz CT molecular complexity index is 726. The maximum absolute atomic E-state index is 12.5. The lowest BCUT2D eigenvalue weighted by atomic mass is 9.46. The lowest BCUT2D eigenvalue weighted by Gasteiger charge is -2.58. The molecule has 4 rings (SSSR count). The number of rotatable bonds is 2. The molecule has 0 aromatic rings. The zero-order valence-electron chi connectivity index (χ0n) is 18.1. The third-order valence-electron chi connectivity index (χ3n) is 9.51. The number of fused-ring (bicyclic) bond motifs is 5. The molecule has 4 aliphatic rings. The molecule has 4 aliphatic carbocycles. The van der Waals surface area contributed by atoms with Crippen molar-refractivity contribution >= 4 is 11.8 Å². The van der Waals surface area contributed by atoms with Gasteiger partial charge in [0.05, 0.1) is 0 Å². The third kappa shape index (κ3) is 2.52. The van der Waals surface area contributed by atoms with Gasteiger partial charge in [-0.3, -0.25) is 9.59 Å². The molecule has 28 heavy (non-hydrogen) atoms. The van der Waals surface area contributed by atoms with Gasteiger partial charge < -0.3 is 9.84 Å². The van der Waals surface area contributed by atoms with E-state index in [0.717, 1.165) is 44.9 Å². The summed E-state index contributed by atoms with van der Waals surface area (Å²) in [6.45, 7) is 9.73. The number of carbonyl (C=O) groups excluding carboxylic acids is 2. The number of allylic oxidation sites excluding steroid dienone is 1. The molecule has 1 N–H and O–H groups in total. The summed E-state index contributed by atoms with van der Waals surface area (Å²) in [5.74, 6) is 1.33. The van der Waals surface area contributed by atoms with Crippen LogP contribution in [0, 0.1) is 34.5 Å². The highest BCUT2D eigenvalue weighted by atomic mass is 16.5. The Hall–Kier alpha value is -1.16. The minimum atomic E-state index is -1.18. The summed E-state index contributed by atoms with van der Waals surface area (Å²) in [7, 11) is 0. The van der Waals surface area contributed by atoms with E-state index in [1.165, 1.54) is 12.5 Å². The average Bonchev–Trinajstić information content (AvgIpc) is 2.83. The van der Waals surface area contributed by atoms with Crippen molar-refractivity contribution in [2.24, 2.45) is 34.5 Å². The van der Waals surface area contributed by atoms with Gasteiger partial charge in [-0.25, -0.2) is 0 Å². The summed E-state index contributed by atoms with van der Waals surface area (Å²) in [5, 5.41) is 11.5. The second kappa shape index (κ2) is 6.42. The van der Waals surface area contributed by atoms with Crippen molar-refractivity contribution in [3.05, 3.63) is 11.6 Å². The average molecular weight is 389 g/mol. The summed E-state index contributed by atoms with van der Waals surface area (Å²) in [5.41, 5.74) is 0.153. The fourth-order valence-electron chi connectivity index (χ4n) is 8.05. The topological polar surface area (TPSA) is 63.6 Å². The molecule has 0 amide bonds. The molecule has 156 valence electrons. The van der Waals surface area contributed by atoms with E-state index in [2.05, 4.69) is 26.8 Å². The number of Topliss-reactive ketones (excluding diaryl/α,β-unsaturated/α-hetero) is 1. The quantitative estimate of drug-likeness (QED) is 0.561. The van der Waals surface area contributed by atoms with E-state index in [1.807, 2.05) is 0 Å². The number of ketones is 1. The molecule has 0 aromatic heterocycles. The Morgan fingerprint density at radius 1 is 1.14 bits per heavy atom. The van der Waals surface area contributed by atoms with Crippen LogP contribution in [-0.2, 0) is 14.3 Å². The highest BCUT2D eigenvalue weighted by molar-refractivity contribution is 5.86. The highest BCUT2D eigenvalue weighted by Crippen LogP contribution is 2.68. The van der Waals surface area contributed by atoms with Gasteiger partial charge in [0, 0.05) is 18.8 Å². The largest absolute Gasteiger partial charge is 0.462 e. The molecule has 8 atom stereocenters. The second-order valence-electron chi connectivity index (χ2n) is 10.6. The van der Waals surface area contributed by atoms with E-state index in [9.17, 15) is 14.7 Å². The molecule has 0 saturated heterocycles. The lowest BCUT2D eigenvalue weighted by Crippen LogP contribution is -2.58. The van der Waals surface area contributed by atoms with Gasteiger partial charge in [-0.1, -0.05) is 32.4 Å². The van der Waals surface area contributed by atoms with Crippen molar-refractivity contribution in [1.82, 2.24) is 0 Å². The van der Waals surface area contributed by atoms with Crippen LogP contribution in [0.3, 0.4) is 0 Å². The third-order valence-corrected chi connectivity index (χ3v) is 9.51. The summed E-state index contributed by atoms with van der Waals surface area (Å²) in [4.78, 5) is 23.9. The number of aliphatic hydroxyl groups is 1. The number of ether oxygens (including phenoxy) is 1. The van der Waals surface area contributed by atoms with Gasteiger partial charge in [-0.05, 0) is 74.5 Å². The van der Waals surface area contributed by atoms with Crippen molar-refractivity contribution in [2.75, 3.05) is 0 Å². The Morgan fingerprint density at radius 3 is 2.50 bits per heavy atom. The normalized spacial score (nSPS) is 50.1. The first kappa shape index (κ1) is 20.1. The van der Waals surface area contributed by atoms with E-state index >= 15 is 0 Å². The summed E-state index contributed by atoms with van der Waals surface area (Å²) in [6.07, 6.45) is 9.29. The predicted octanol–water partition coefficient (Wildman–Crippen LogP) is 4.45. The van der Waals surface area contributed by atoms with Crippen LogP contribution in [0.2, 0.25) is 0 Å². The lowest BCUT2D eigenvalue weighted by molar-refractivity contribution is -0.165. The van der Waals surface area contributed by atoms with Gasteiger partial charge in [0.25, 0.3) is 0 Å². The Morgan fingerprint density at radius 2 is 1.86 bits per heavy atom. The van der Waals surface area contributed by atoms with Crippen molar-refractivity contribution in [3.8, 4) is 0 Å². The van der Waals surface area contributed by atoms with Gasteiger partial charge in [0.2, 0.25) is 0 Å². The first-order valence-electron chi connectivity index (χ1n) is 11.1. The molecule has 3 saturated carbocycles. The molecule has 0 aliphatic heterocycles. The smallest absolute Gasteiger partial charge is 0.302 e. The van der Waals surface area contributed by atoms with Crippen molar-refractivity contribution in [1.29, 1.82) is 0 Å². The van der Waals surface area contributed by atoms with Crippen LogP contribution in [0.5, 0.6) is 0 Å². The molecule has 3 fully saturated rings. The van der Waals surface area contributed by atoms with E-state index in [-0.39, 0.29) is 34.6 Å². The van der Waals surface area contributed by atoms with Crippen molar-refractivity contribution in [3.63, 3.8) is 0 Å². The maximum atomic E-state index is 12.5. The molecule has 4 heteroatoms. The van der Waals surface area contributed by atoms with Gasteiger partial charge in [0.1, 0.15) is 11.7 Å². The maximum Gasteiger partial charge on any atom is 0.302 e. The van der Waals surface area contributed by atoms with Crippen LogP contribution < -0.4 is 0 Å². The first-order chi connectivity index (χ1) is 13.0. The number of hydrogen-bond acceptors (Lipinski definition) is 4. The Balaban J connectivity index is 1.64.